The number of ether oxygens (including phenoxy) is 1. The molecule has 2 heteroatoms. The molecule has 1 nitrogen and oxygen atoms in total. The lowest BCUT2D eigenvalue weighted by Gasteiger charge is -2.03. The lowest BCUT2D eigenvalue weighted by molar-refractivity contribution is 0.387. The Morgan fingerprint density at radius 2 is 1.15 bits per heavy atom. The molecule has 0 unspecified atom stereocenters. The molecule has 2 rings (SSSR count). The van der Waals surface area contributed by atoms with Gasteiger partial charge >= 0.3 is 0 Å². The van der Waals surface area contributed by atoms with Gasteiger partial charge in [0.2, 0.25) is 0 Å². The molecular weight excluding hydrogens is 340 g/mol. The van der Waals surface area contributed by atoms with Crippen LogP contribution in [0.4, 0.5) is 0 Å². The second kappa shape index (κ2) is 17.9. The van der Waals surface area contributed by atoms with Crippen molar-refractivity contribution in [3.8, 4) is 0 Å². The molecule has 0 amide bonds. The van der Waals surface area contributed by atoms with E-state index in [2.05, 4.69) is 6.92 Å². The maximum Gasteiger partial charge on any atom is 0.0810 e. The average Bonchev–Trinajstić information content (AvgIpc) is 3.48. The van der Waals surface area contributed by atoms with Crippen LogP contribution < -0.4 is 0 Å². The molecule has 0 aromatic heterocycles. The molecule has 0 N–H and O–H groups in total. The zero-order valence-corrected chi connectivity index (χ0v) is 17.8. The average molecular weight is 381 g/mol. The molecule has 1 atom stereocenters. The Balaban J connectivity index is 0.000000401. The minimum atomic E-state index is 0.650. The first-order chi connectivity index (χ1) is 12.8. The van der Waals surface area contributed by atoms with Crippen LogP contribution >= 0.6 is 11.6 Å². The first-order valence-corrected chi connectivity index (χ1v) is 11.5. The van der Waals surface area contributed by atoms with Gasteiger partial charge < -0.3 is 4.74 Å². The van der Waals surface area contributed by atoms with Gasteiger partial charge in [-0.15, -0.1) is 0 Å². The highest BCUT2D eigenvalue weighted by molar-refractivity contribution is 6.30. The third-order valence-electron chi connectivity index (χ3n) is 5.02. The first kappa shape index (κ1) is 23.5. The lowest BCUT2D eigenvalue weighted by atomic mass is 10.0. The highest BCUT2D eigenvalue weighted by atomic mass is 35.5. The molecule has 1 saturated heterocycles. The predicted octanol–water partition coefficient (Wildman–Crippen LogP) is 8.60. The van der Waals surface area contributed by atoms with E-state index in [1.807, 2.05) is 30.3 Å². The second-order valence-corrected chi connectivity index (χ2v) is 8.07. The van der Waals surface area contributed by atoms with E-state index in [1.54, 1.807) is 0 Å². The van der Waals surface area contributed by atoms with E-state index in [4.69, 9.17) is 16.3 Å². The van der Waals surface area contributed by atoms with Crippen LogP contribution in [-0.4, -0.2) is 12.7 Å². The molecule has 26 heavy (non-hydrogen) atoms. The number of unbranched alkanes of at least 4 members (excludes halogenated alkanes) is 13. The fourth-order valence-electron chi connectivity index (χ4n) is 3.22. The van der Waals surface area contributed by atoms with Crippen LogP contribution in [0.1, 0.15) is 103 Å². The SMILES string of the molecule is CCCCCCCCCCCCCCCC[C@@H]1CO1.Clc1ccccc1. The van der Waals surface area contributed by atoms with Gasteiger partial charge in [0.15, 0.2) is 0 Å². The van der Waals surface area contributed by atoms with E-state index in [0.717, 1.165) is 11.6 Å². The maximum atomic E-state index is 5.54. The van der Waals surface area contributed by atoms with Gasteiger partial charge in [-0.2, -0.15) is 0 Å². The molecule has 1 aromatic rings. The molecule has 0 saturated carbocycles. The molecule has 0 radical (unpaired) electrons. The van der Waals surface area contributed by atoms with E-state index in [-0.39, 0.29) is 0 Å². The predicted molar refractivity (Wildman–Crippen MR) is 116 cm³/mol. The van der Waals surface area contributed by atoms with Crippen LogP contribution in [0.5, 0.6) is 0 Å². The Labute approximate surface area is 167 Å². The van der Waals surface area contributed by atoms with Crippen molar-refractivity contribution < 1.29 is 4.74 Å². The summed E-state index contributed by atoms with van der Waals surface area (Å²) < 4.78 is 5.22. The van der Waals surface area contributed by atoms with E-state index in [9.17, 15) is 0 Å². The van der Waals surface area contributed by atoms with Crippen molar-refractivity contribution in [2.45, 2.75) is 109 Å². The fourth-order valence-corrected chi connectivity index (χ4v) is 3.36. The summed E-state index contributed by atoms with van der Waals surface area (Å²) in [7, 11) is 0. The van der Waals surface area contributed by atoms with Gasteiger partial charge in [0.1, 0.15) is 0 Å². The van der Waals surface area contributed by atoms with Crippen LogP contribution in [0.25, 0.3) is 0 Å². The van der Waals surface area contributed by atoms with Gasteiger partial charge in [-0.05, 0) is 18.6 Å². The van der Waals surface area contributed by atoms with Crippen molar-refractivity contribution in [2.75, 3.05) is 6.61 Å². The number of hydrogen-bond donors (Lipinski definition) is 0. The van der Waals surface area contributed by atoms with E-state index in [0.29, 0.717) is 6.10 Å². The fraction of sp³-hybridized carbons (Fsp3) is 0.750. The van der Waals surface area contributed by atoms with E-state index >= 15 is 0 Å². The van der Waals surface area contributed by atoms with Crippen LogP contribution in [0, 0.1) is 0 Å². The van der Waals surface area contributed by atoms with Crippen LogP contribution in [0.2, 0.25) is 5.02 Å². The van der Waals surface area contributed by atoms with Crippen LogP contribution in [-0.2, 0) is 4.74 Å². The summed E-state index contributed by atoms with van der Waals surface area (Å²) in [5.74, 6) is 0. The minimum Gasteiger partial charge on any atom is -0.373 e. The summed E-state index contributed by atoms with van der Waals surface area (Å²) in [5.41, 5.74) is 0. The third kappa shape index (κ3) is 16.9. The smallest absolute Gasteiger partial charge is 0.0810 e. The van der Waals surface area contributed by atoms with Gasteiger partial charge in [-0.25, -0.2) is 0 Å². The summed E-state index contributed by atoms with van der Waals surface area (Å²) in [4.78, 5) is 0. The highest BCUT2D eigenvalue weighted by Gasteiger charge is 2.20. The molecule has 1 aliphatic heterocycles. The Hall–Kier alpha value is -0.530. The van der Waals surface area contributed by atoms with Gasteiger partial charge in [-0.1, -0.05) is 127 Å². The summed E-state index contributed by atoms with van der Waals surface area (Å²) in [6.07, 6.45) is 22.3. The Kier molecular flexibility index (Phi) is 16.2. The Morgan fingerprint density at radius 3 is 1.50 bits per heavy atom. The number of epoxide rings is 1. The van der Waals surface area contributed by atoms with Gasteiger partial charge in [-0.3, -0.25) is 0 Å². The van der Waals surface area contributed by atoms with Crippen molar-refractivity contribution in [2.24, 2.45) is 0 Å². The summed E-state index contributed by atoms with van der Waals surface area (Å²) in [5, 5.41) is 0.794. The first-order valence-electron chi connectivity index (χ1n) is 11.1. The van der Waals surface area contributed by atoms with Gasteiger partial charge in [0, 0.05) is 5.02 Å². The molecule has 1 fully saturated rings. The van der Waals surface area contributed by atoms with Crippen molar-refractivity contribution in [3.05, 3.63) is 35.4 Å². The van der Waals surface area contributed by atoms with Gasteiger partial charge in [0.25, 0.3) is 0 Å². The van der Waals surface area contributed by atoms with Gasteiger partial charge in [0.05, 0.1) is 12.7 Å². The zero-order chi connectivity index (χ0) is 18.7. The topological polar surface area (TPSA) is 12.5 Å². The van der Waals surface area contributed by atoms with E-state index in [1.165, 1.54) is 96.3 Å². The third-order valence-corrected chi connectivity index (χ3v) is 5.27. The van der Waals surface area contributed by atoms with Crippen LogP contribution in [0.15, 0.2) is 30.3 Å². The van der Waals surface area contributed by atoms with Crippen molar-refractivity contribution in [1.29, 1.82) is 0 Å². The lowest BCUT2D eigenvalue weighted by Crippen LogP contribution is -1.86. The second-order valence-electron chi connectivity index (χ2n) is 7.64. The largest absolute Gasteiger partial charge is 0.373 e. The molecule has 0 spiro atoms. The summed E-state index contributed by atoms with van der Waals surface area (Å²) in [6, 6.07) is 9.44. The molecule has 150 valence electrons. The standard InChI is InChI=1S/C18H36O.C6H5Cl/c1-2-3-4-5-6-7-8-9-10-11-12-13-14-15-16-18-17-19-18;7-6-4-2-1-3-5-6/h18H,2-17H2,1H3;1-5H/t18-;/m1./s1. The van der Waals surface area contributed by atoms with E-state index < -0.39 is 0 Å². The number of hydrogen-bond acceptors (Lipinski definition) is 1. The molecular formula is C24H41ClO. The minimum absolute atomic E-state index is 0.650. The zero-order valence-electron chi connectivity index (χ0n) is 17.1. The normalized spacial score (nSPS) is 15.4. The molecule has 0 bridgehead atoms. The summed E-state index contributed by atoms with van der Waals surface area (Å²) in [6.45, 7) is 3.33. The van der Waals surface area contributed by atoms with Crippen molar-refractivity contribution in [3.63, 3.8) is 0 Å². The Bertz CT molecular complexity index is 388. The molecule has 1 heterocycles. The number of rotatable bonds is 15. The van der Waals surface area contributed by atoms with Crippen molar-refractivity contribution >= 4 is 11.6 Å². The maximum absolute atomic E-state index is 5.54. The molecule has 1 aromatic carbocycles. The van der Waals surface area contributed by atoms with Crippen molar-refractivity contribution in [1.82, 2.24) is 0 Å². The Morgan fingerprint density at radius 1 is 0.731 bits per heavy atom. The number of benzene rings is 1. The van der Waals surface area contributed by atoms with Crippen LogP contribution in [0.3, 0.4) is 0 Å². The quantitative estimate of drug-likeness (QED) is 0.219. The molecule has 0 aliphatic carbocycles. The highest BCUT2D eigenvalue weighted by Crippen LogP contribution is 2.18. The summed E-state index contributed by atoms with van der Waals surface area (Å²) >= 11 is 5.54. The molecule has 1 aliphatic rings. The number of halogens is 1. The monoisotopic (exact) mass is 380 g/mol.